The summed E-state index contributed by atoms with van der Waals surface area (Å²) in [6.07, 6.45) is 0. The molecule has 0 heterocycles. The molecule has 4 nitrogen and oxygen atoms in total. The van der Waals surface area contributed by atoms with Crippen LogP contribution in [0.3, 0.4) is 0 Å². The molecule has 0 spiro atoms. The number of hydrogen-bond donors (Lipinski definition) is 1. The highest BCUT2D eigenvalue weighted by molar-refractivity contribution is 7.86. The molecular weight excluding hydrogens is 197 g/mol. The summed E-state index contributed by atoms with van der Waals surface area (Å²) in [7, 11) is -4.37. The number of nitrogens with two attached hydrogens (primary N) is 1. The summed E-state index contributed by atoms with van der Waals surface area (Å²) in [5.74, 6) is -0.590. The van der Waals surface area contributed by atoms with Crippen LogP contribution in [0, 0.1) is 0 Å². The van der Waals surface area contributed by atoms with E-state index in [0.29, 0.717) is 6.54 Å². The molecular formula is C4H11ClFNO3S. The lowest BCUT2D eigenvalue weighted by molar-refractivity contribution is 0.156. The fourth-order valence-electron chi connectivity index (χ4n) is 0.344. The Morgan fingerprint density at radius 3 is 2.27 bits per heavy atom. The van der Waals surface area contributed by atoms with Gasteiger partial charge in [-0.25, -0.2) is 0 Å². The van der Waals surface area contributed by atoms with E-state index in [4.69, 9.17) is 5.73 Å². The summed E-state index contributed by atoms with van der Waals surface area (Å²) in [6, 6.07) is 0. The van der Waals surface area contributed by atoms with Gasteiger partial charge in [-0.3, -0.25) is 0 Å². The molecule has 0 aromatic carbocycles. The number of rotatable bonds is 5. The largest absolute Gasteiger partial charge is 0.379 e. The Balaban J connectivity index is 0. The van der Waals surface area contributed by atoms with Gasteiger partial charge in [-0.1, -0.05) is 0 Å². The first kappa shape index (κ1) is 13.7. The average Bonchev–Trinajstić information content (AvgIpc) is 1.78. The van der Waals surface area contributed by atoms with Crippen molar-refractivity contribution in [3.8, 4) is 0 Å². The van der Waals surface area contributed by atoms with Crippen molar-refractivity contribution in [2.45, 2.75) is 0 Å². The Labute approximate surface area is 71.5 Å². The molecule has 0 radical (unpaired) electrons. The molecule has 0 unspecified atom stereocenters. The molecule has 11 heavy (non-hydrogen) atoms. The molecule has 0 saturated heterocycles. The second-order valence-corrected chi connectivity index (χ2v) is 3.13. The fourth-order valence-corrected chi connectivity index (χ4v) is 0.661. The van der Waals surface area contributed by atoms with Gasteiger partial charge in [0.1, 0.15) is 5.75 Å². The Kier molecular flexibility index (Phi) is 8.42. The number of hydrogen-bond acceptors (Lipinski definition) is 4. The van der Waals surface area contributed by atoms with Crippen LogP contribution in [0.25, 0.3) is 0 Å². The van der Waals surface area contributed by atoms with E-state index < -0.39 is 16.0 Å². The van der Waals surface area contributed by atoms with E-state index in [9.17, 15) is 12.3 Å². The average molecular weight is 208 g/mol. The maximum Gasteiger partial charge on any atom is 0.304 e. The molecule has 0 aromatic rings. The maximum absolute atomic E-state index is 11.7. The first-order valence-corrected chi connectivity index (χ1v) is 4.31. The smallest absolute Gasteiger partial charge is 0.304 e. The predicted octanol–water partition coefficient (Wildman–Crippen LogP) is -0.317. The van der Waals surface area contributed by atoms with Crippen molar-refractivity contribution in [3.63, 3.8) is 0 Å². The lowest BCUT2D eigenvalue weighted by Crippen LogP contribution is -2.13. The summed E-state index contributed by atoms with van der Waals surface area (Å²) in [6.45, 7) is 0.442. The van der Waals surface area contributed by atoms with Crippen molar-refractivity contribution in [3.05, 3.63) is 0 Å². The van der Waals surface area contributed by atoms with E-state index in [1.807, 2.05) is 0 Å². The first-order chi connectivity index (χ1) is 4.56. The number of halogens is 2. The van der Waals surface area contributed by atoms with Crippen LogP contribution < -0.4 is 5.73 Å². The van der Waals surface area contributed by atoms with Crippen LogP contribution in [0.1, 0.15) is 0 Å². The van der Waals surface area contributed by atoms with E-state index in [1.54, 1.807) is 0 Å². The Hall–Kier alpha value is 0.0900. The minimum absolute atomic E-state index is 0. The highest BCUT2D eigenvalue weighted by Crippen LogP contribution is 1.89. The molecule has 7 heteroatoms. The van der Waals surface area contributed by atoms with E-state index in [1.165, 1.54) is 0 Å². The molecule has 0 aliphatic rings. The van der Waals surface area contributed by atoms with Crippen molar-refractivity contribution in [2.24, 2.45) is 5.73 Å². The van der Waals surface area contributed by atoms with E-state index in [2.05, 4.69) is 4.74 Å². The normalized spacial score (nSPS) is 10.7. The quantitative estimate of drug-likeness (QED) is 0.496. The van der Waals surface area contributed by atoms with Crippen LogP contribution >= 0.6 is 12.4 Å². The summed E-state index contributed by atoms with van der Waals surface area (Å²) >= 11 is 0. The van der Waals surface area contributed by atoms with Gasteiger partial charge < -0.3 is 10.5 Å². The summed E-state index contributed by atoms with van der Waals surface area (Å²) < 4.78 is 35.9. The SMILES string of the molecule is Cl.NCCOCCS(=O)(=O)F. The standard InChI is InChI=1S/C4H10FNO3S.ClH/c5-10(7,8)4-3-9-2-1-6;/h1-4,6H2;1H. The third-order valence-corrected chi connectivity index (χ3v) is 1.39. The Morgan fingerprint density at radius 1 is 1.36 bits per heavy atom. The fraction of sp³-hybridized carbons (Fsp3) is 1.00. The van der Waals surface area contributed by atoms with Crippen LogP contribution in [0.15, 0.2) is 0 Å². The minimum Gasteiger partial charge on any atom is -0.379 e. The van der Waals surface area contributed by atoms with Gasteiger partial charge in [0, 0.05) is 6.54 Å². The lowest BCUT2D eigenvalue weighted by Gasteiger charge is -1.97. The second-order valence-electron chi connectivity index (χ2n) is 1.64. The molecule has 0 rings (SSSR count). The molecule has 2 N–H and O–H groups in total. The van der Waals surface area contributed by atoms with Crippen molar-refractivity contribution in [1.29, 1.82) is 0 Å². The van der Waals surface area contributed by atoms with Gasteiger partial charge in [-0.05, 0) is 0 Å². The van der Waals surface area contributed by atoms with Crippen LogP contribution in [0.5, 0.6) is 0 Å². The van der Waals surface area contributed by atoms with E-state index in [0.717, 1.165) is 0 Å². The number of ether oxygens (including phenoxy) is 1. The topological polar surface area (TPSA) is 69.4 Å². The van der Waals surface area contributed by atoms with E-state index in [-0.39, 0.29) is 25.6 Å². The zero-order chi connectivity index (χ0) is 8.04. The summed E-state index contributed by atoms with van der Waals surface area (Å²) in [4.78, 5) is 0. The molecule has 0 atom stereocenters. The van der Waals surface area contributed by atoms with Gasteiger partial charge in [0.05, 0.1) is 13.2 Å². The Bertz CT molecular complexity index is 172. The monoisotopic (exact) mass is 207 g/mol. The van der Waals surface area contributed by atoms with Crippen LogP contribution in [-0.2, 0) is 15.0 Å². The van der Waals surface area contributed by atoms with Gasteiger partial charge in [0.25, 0.3) is 0 Å². The summed E-state index contributed by atoms with van der Waals surface area (Å²) in [5.41, 5.74) is 5.01. The zero-order valence-corrected chi connectivity index (χ0v) is 7.46. The van der Waals surface area contributed by atoms with Crippen molar-refractivity contribution in [2.75, 3.05) is 25.5 Å². The Morgan fingerprint density at radius 2 is 1.91 bits per heavy atom. The maximum atomic E-state index is 11.7. The molecule has 0 fully saturated rings. The van der Waals surface area contributed by atoms with Crippen LogP contribution in [0.4, 0.5) is 3.89 Å². The van der Waals surface area contributed by atoms with Gasteiger partial charge in [0.2, 0.25) is 0 Å². The molecule has 0 aliphatic carbocycles. The molecule has 0 bridgehead atoms. The third-order valence-electron chi connectivity index (χ3n) is 0.734. The zero-order valence-electron chi connectivity index (χ0n) is 5.82. The van der Waals surface area contributed by atoms with Crippen molar-refractivity contribution >= 4 is 22.6 Å². The van der Waals surface area contributed by atoms with Gasteiger partial charge >= 0.3 is 10.2 Å². The molecule has 0 amide bonds. The molecule has 0 aromatic heterocycles. The third kappa shape index (κ3) is 13.1. The van der Waals surface area contributed by atoms with Gasteiger partial charge in [-0.2, -0.15) is 8.42 Å². The lowest BCUT2D eigenvalue weighted by atomic mass is 10.7. The molecule has 70 valence electrons. The predicted molar refractivity (Wildman–Crippen MR) is 42.0 cm³/mol. The van der Waals surface area contributed by atoms with Crippen molar-refractivity contribution < 1.29 is 17.0 Å². The molecule has 0 saturated carbocycles. The highest BCUT2D eigenvalue weighted by Gasteiger charge is 2.04. The van der Waals surface area contributed by atoms with E-state index >= 15 is 0 Å². The van der Waals surface area contributed by atoms with Gasteiger partial charge in [-0.15, -0.1) is 16.3 Å². The second kappa shape index (κ2) is 6.78. The first-order valence-electron chi connectivity index (χ1n) is 2.76. The van der Waals surface area contributed by atoms with Crippen molar-refractivity contribution in [1.82, 2.24) is 0 Å². The molecule has 0 aliphatic heterocycles. The van der Waals surface area contributed by atoms with Crippen LogP contribution in [-0.4, -0.2) is 33.9 Å². The van der Waals surface area contributed by atoms with Crippen LogP contribution in [0.2, 0.25) is 0 Å². The minimum atomic E-state index is -4.37. The highest BCUT2D eigenvalue weighted by atomic mass is 35.5. The van der Waals surface area contributed by atoms with Gasteiger partial charge in [0.15, 0.2) is 0 Å². The summed E-state index contributed by atoms with van der Waals surface area (Å²) in [5, 5.41) is 0.